The van der Waals surface area contributed by atoms with Gasteiger partial charge in [-0.15, -0.1) is 0 Å². The van der Waals surface area contributed by atoms with Crippen molar-refractivity contribution in [3.63, 3.8) is 0 Å². The molecule has 0 saturated heterocycles. The first-order valence-corrected chi connectivity index (χ1v) is 7.31. The topological polar surface area (TPSA) is 95.9 Å². The van der Waals surface area contributed by atoms with Crippen LogP contribution >= 0.6 is 11.8 Å². The largest absolute Gasteiger partial charge is 0.479 e. The summed E-state index contributed by atoms with van der Waals surface area (Å²) in [4.78, 5) is 22.4. The molecule has 0 radical (unpaired) electrons. The van der Waals surface area contributed by atoms with Crippen LogP contribution < -0.4 is 5.32 Å². The van der Waals surface area contributed by atoms with Crippen LogP contribution in [0.2, 0.25) is 0 Å². The highest BCUT2D eigenvalue weighted by molar-refractivity contribution is 7.99. The fourth-order valence-electron chi connectivity index (χ4n) is 1.29. The summed E-state index contributed by atoms with van der Waals surface area (Å²) in [7, 11) is 0. The van der Waals surface area contributed by atoms with Crippen molar-refractivity contribution in [2.24, 2.45) is 0 Å². The number of ether oxygens (including phenoxy) is 1. The molecule has 0 aromatic heterocycles. The molecule has 6 nitrogen and oxygen atoms in total. The SMILES string of the molecule is CCSCC[C@@H](NC(=O)OC(C)(C)C)[C@@H](O)C(=O)O. The van der Waals surface area contributed by atoms with Crippen molar-refractivity contribution in [2.45, 2.75) is 51.9 Å². The van der Waals surface area contributed by atoms with E-state index in [1.165, 1.54) is 0 Å². The zero-order chi connectivity index (χ0) is 15.1. The van der Waals surface area contributed by atoms with Crippen LogP contribution in [0.15, 0.2) is 0 Å². The van der Waals surface area contributed by atoms with E-state index in [-0.39, 0.29) is 0 Å². The van der Waals surface area contributed by atoms with E-state index in [1.54, 1.807) is 32.5 Å². The molecule has 0 fully saturated rings. The van der Waals surface area contributed by atoms with Crippen molar-refractivity contribution in [3.05, 3.63) is 0 Å². The first kappa shape index (κ1) is 18.0. The number of aliphatic carboxylic acids is 1. The van der Waals surface area contributed by atoms with Gasteiger partial charge >= 0.3 is 12.1 Å². The third kappa shape index (κ3) is 8.72. The lowest BCUT2D eigenvalue weighted by molar-refractivity contribution is -0.148. The molecule has 0 aliphatic heterocycles. The van der Waals surface area contributed by atoms with Crippen molar-refractivity contribution in [3.8, 4) is 0 Å². The Morgan fingerprint density at radius 3 is 2.37 bits per heavy atom. The van der Waals surface area contributed by atoms with E-state index >= 15 is 0 Å². The normalized spacial score (nSPS) is 14.6. The molecule has 1 amide bonds. The predicted octanol–water partition coefficient (Wildman–Crippen LogP) is 1.47. The third-order valence-electron chi connectivity index (χ3n) is 2.11. The number of hydrogen-bond acceptors (Lipinski definition) is 5. The van der Waals surface area contributed by atoms with E-state index in [1.807, 2.05) is 6.92 Å². The van der Waals surface area contributed by atoms with Gasteiger partial charge in [-0.1, -0.05) is 6.92 Å². The zero-order valence-electron chi connectivity index (χ0n) is 11.8. The Hall–Kier alpha value is -0.950. The summed E-state index contributed by atoms with van der Waals surface area (Å²) in [5.41, 5.74) is -0.666. The van der Waals surface area contributed by atoms with Gasteiger partial charge in [0.2, 0.25) is 0 Å². The maximum absolute atomic E-state index is 11.6. The molecular weight excluding hydrogens is 270 g/mol. The minimum atomic E-state index is -1.63. The average molecular weight is 293 g/mol. The smallest absolute Gasteiger partial charge is 0.407 e. The van der Waals surface area contributed by atoms with E-state index in [4.69, 9.17) is 9.84 Å². The van der Waals surface area contributed by atoms with E-state index in [9.17, 15) is 14.7 Å². The van der Waals surface area contributed by atoms with Gasteiger partial charge < -0.3 is 20.3 Å². The monoisotopic (exact) mass is 293 g/mol. The molecule has 0 aromatic carbocycles. The van der Waals surface area contributed by atoms with Crippen LogP contribution in [-0.4, -0.2) is 51.5 Å². The number of nitrogens with one attached hydrogen (secondary N) is 1. The average Bonchev–Trinajstić information content (AvgIpc) is 2.24. The number of amides is 1. The van der Waals surface area contributed by atoms with Crippen LogP contribution in [-0.2, 0) is 9.53 Å². The molecule has 0 heterocycles. The lowest BCUT2D eigenvalue weighted by Crippen LogP contribution is -2.48. The maximum Gasteiger partial charge on any atom is 0.407 e. The minimum Gasteiger partial charge on any atom is -0.479 e. The molecule has 19 heavy (non-hydrogen) atoms. The molecule has 0 saturated carbocycles. The molecule has 0 rings (SSSR count). The summed E-state index contributed by atoms with van der Waals surface area (Å²) >= 11 is 1.61. The summed E-state index contributed by atoms with van der Waals surface area (Å²) in [5.74, 6) is 0.187. The number of thioether (sulfide) groups is 1. The standard InChI is InChI=1S/C12H23NO5S/c1-5-19-7-6-8(9(14)10(15)16)13-11(17)18-12(2,3)4/h8-9,14H,5-7H2,1-4H3,(H,13,17)(H,15,16)/t8-,9-/m1/s1. The Morgan fingerprint density at radius 2 is 1.95 bits per heavy atom. The number of carboxylic acids is 1. The number of rotatable bonds is 7. The minimum absolute atomic E-state index is 0.366. The Morgan fingerprint density at radius 1 is 1.37 bits per heavy atom. The van der Waals surface area contributed by atoms with E-state index in [0.717, 1.165) is 5.75 Å². The van der Waals surface area contributed by atoms with Crippen molar-refractivity contribution >= 4 is 23.8 Å². The molecule has 7 heteroatoms. The molecule has 0 aromatic rings. The van der Waals surface area contributed by atoms with Gasteiger partial charge in [0.25, 0.3) is 0 Å². The summed E-state index contributed by atoms with van der Waals surface area (Å²) < 4.78 is 5.04. The third-order valence-corrected chi connectivity index (χ3v) is 3.05. The van der Waals surface area contributed by atoms with Gasteiger partial charge in [0.1, 0.15) is 5.60 Å². The molecule has 2 atom stereocenters. The second-order valence-corrected chi connectivity index (χ2v) is 6.42. The number of aliphatic hydroxyl groups is 1. The lowest BCUT2D eigenvalue weighted by Gasteiger charge is -2.25. The highest BCUT2D eigenvalue weighted by Gasteiger charge is 2.28. The summed E-state index contributed by atoms with van der Waals surface area (Å²) in [6.45, 7) is 7.11. The fourth-order valence-corrected chi connectivity index (χ4v) is 2.00. The number of hydrogen-bond donors (Lipinski definition) is 3. The van der Waals surface area contributed by atoms with Gasteiger partial charge in [-0.05, 0) is 38.7 Å². The molecule has 0 aliphatic carbocycles. The van der Waals surface area contributed by atoms with Crippen LogP contribution in [0.5, 0.6) is 0 Å². The predicted molar refractivity (Wildman–Crippen MR) is 74.4 cm³/mol. The van der Waals surface area contributed by atoms with Crippen molar-refractivity contribution in [1.29, 1.82) is 0 Å². The van der Waals surface area contributed by atoms with E-state index in [0.29, 0.717) is 12.2 Å². The molecule has 0 aliphatic rings. The van der Waals surface area contributed by atoms with Gasteiger partial charge in [0.15, 0.2) is 6.10 Å². The van der Waals surface area contributed by atoms with E-state index < -0.39 is 29.8 Å². The molecule has 0 spiro atoms. The van der Waals surface area contributed by atoms with Crippen molar-refractivity contribution in [2.75, 3.05) is 11.5 Å². The molecule has 0 bridgehead atoms. The van der Waals surface area contributed by atoms with E-state index in [2.05, 4.69) is 5.32 Å². The van der Waals surface area contributed by atoms with Gasteiger partial charge in [-0.2, -0.15) is 11.8 Å². The Balaban J connectivity index is 4.48. The van der Waals surface area contributed by atoms with Gasteiger partial charge in [-0.25, -0.2) is 9.59 Å². The molecule has 112 valence electrons. The second-order valence-electron chi connectivity index (χ2n) is 5.02. The van der Waals surface area contributed by atoms with Crippen LogP contribution in [0.4, 0.5) is 4.79 Å². The van der Waals surface area contributed by atoms with Crippen molar-refractivity contribution in [1.82, 2.24) is 5.32 Å². The summed E-state index contributed by atoms with van der Waals surface area (Å²) in [6, 6.07) is -0.855. The Kier molecular flexibility index (Phi) is 7.85. The quantitative estimate of drug-likeness (QED) is 0.615. The van der Waals surface area contributed by atoms with Gasteiger partial charge in [-0.3, -0.25) is 0 Å². The van der Waals surface area contributed by atoms with Crippen LogP contribution in [0.3, 0.4) is 0 Å². The highest BCUT2D eigenvalue weighted by atomic mass is 32.2. The molecular formula is C12H23NO5S. The first-order valence-electron chi connectivity index (χ1n) is 6.15. The van der Waals surface area contributed by atoms with Crippen molar-refractivity contribution < 1.29 is 24.5 Å². The lowest BCUT2D eigenvalue weighted by atomic mass is 10.1. The first-order chi connectivity index (χ1) is 8.67. The van der Waals surface area contributed by atoms with Crippen LogP contribution in [0.25, 0.3) is 0 Å². The summed E-state index contributed by atoms with van der Waals surface area (Å²) in [5, 5.41) is 20.8. The number of carbonyl (C=O) groups excluding carboxylic acids is 1. The zero-order valence-corrected chi connectivity index (χ0v) is 12.6. The number of aliphatic hydroxyl groups excluding tert-OH is 1. The molecule has 0 unspecified atom stereocenters. The number of carbonyl (C=O) groups is 2. The maximum atomic E-state index is 11.6. The van der Waals surface area contributed by atoms with Crippen LogP contribution in [0.1, 0.15) is 34.1 Å². The van der Waals surface area contributed by atoms with Gasteiger partial charge in [0.05, 0.1) is 6.04 Å². The summed E-state index contributed by atoms with van der Waals surface area (Å²) in [6.07, 6.45) is -1.99. The van der Waals surface area contributed by atoms with Gasteiger partial charge in [0, 0.05) is 0 Å². The van der Waals surface area contributed by atoms with Crippen LogP contribution in [0, 0.1) is 0 Å². The highest BCUT2D eigenvalue weighted by Crippen LogP contribution is 2.10. The second kappa shape index (κ2) is 8.27. The Bertz CT molecular complexity index is 303. The fraction of sp³-hybridized carbons (Fsp3) is 0.833. The number of carboxylic acid groups (broad SMARTS) is 1. The Labute approximate surface area is 117 Å². The number of alkyl carbamates (subject to hydrolysis) is 1. The molecule has 3 N–H and O–H groups in total.